The number of rotatable bonds is 5. The largest absolute Gasteiger partial charge is 0.497 e. The highest BCUT2D eigenvalue weighted by atomic mass is 16.5. The SMILES string of the molecule is CC(=O)NCc1ccccc1.COc1ccnc(-c2ncc(C=O)[nH]2)c1. The summed E-state index contributed by atoms with van der Waals surface area (Å²) >= 11 is 0. The Kier molecular flexibility index (Phi) is 7.05. The van der Waals surface area contributed by atoms with Gasteiger partial charge in [0.25, 0.3) is 0 Å². The zero-order valence-corrected chi connectivity index (χ0v) is 14.6. The molecular weight excluding hydrogens is 332 g/mol. The van der Waals surface area contributed by atoms with E-state index in [2.05, 4.69) is 20.3 Å². The minimum absolute atomic E-state index is 0.00820. The number of pyridine rings is 1. The van der Waals surface area contributed by atoms with Crippen LogP contribution in [-0.2, 0) is 11.3 Å². The monoisotopic (exact) mass is 352 g/mol. The summed E-state index contributed by atoms with van der Waals surface area (Å²) in [6.07, 6.45) is 3.79. The molecule has 0 aliphatic rings. The van der Waals surface area contributed by atoms with E-state index in [4.69, 9.17) is 4.74 Å². The normalized spacial score (nSPS) is 9.62. The van der Waals surface area contributed by atoms with Gasteiger partial charge in [0.05, 0.1) is 19.0 Å². The van der Waals surface area contributed by atoms with Crippen LogP contribution in [0, 0.1) is 0 Å². The van der Waals surface area contributed by atoms with E-state index in [9.17, 15) is 9.59 Å². The summed E-state index contributed by atoms with van der Waals surface area (Å²) in [6.45, 7) is 2.14. The van der Waals surface area contributed by atoms with Gasteiger partial charge in [-0.15, -0.1) is 0 Å². The number of hydrogen-bond acceptors (Lipinski definition) is 5. The molecule has 0 saturated carbocycles. The third kappa shape index (κ3) is 5.86. The van der Waals surface area contributed by atoms with Crippen LogP contribution in [0.4, 0.5) is 0 Å². The maximum Gasteiger partial charge on any atom is 0.217 e. The molecule has 0 bridgehead atoms. The molecule has 3 aromatic rings. The molecule has 0 atom stereocenters. The third-order valence-electron chi connectivity index (χ3n) is 3.32. The molecule has 0 spiro atoms. The first-order valence-corrected chi connectivity index (χ1v) is 7.91. The quantitative estimate of drug-likeness (QED) is 0.688. The van der Waals surface area contributed by atoms with Gasteiger partial charge >= 0.3 is 0 Å². The number of hydrogen-bond donors (Lipinski definition) is 2. The Bertz CT molecular complexity index is 847. The van der Waals surface area contributed by atoms with Crippen molar-refractivity contribution in [2.75, 3.05) is 7.11 Å². The smallest absolute Gasteiger partial charge is 0.217 e. The van der Waals surface area contributed by atoms with Gasteiger partial charge in [0.1, 0.15) is 11.4 Å². The predicted molar refractivity (Wildman–Crippen MR) is 97.7 cm³/mol. The first kappa shape index (κ1) is 18.9. The fourth-order valence-corrected chi connectivity index (χ4v) is 2.02. The number of nitrogens with zero attached hydrogens (tertiary/aromatic N) is 2. The number of amides is 1. The Morgan fingerprint density at radius 3 is 2.62 bits per heavy atom. The van der Waals surface area contributed by atoms with Crippen LogP contribution >= 0.6 is 0 Å². The number of carbonyl (C=O) groups excluding carboxylic acids is 2. The summed E-state index contributed by atoms with van der Waals surface area (Å²) in [5, 5.41) is 2.72. The molecule has 7 heteroatoms. The molecule has 2 N–H and O–H groups in total. The van der Waals surface area contributed by atoms with Crippen LogP contribution in [0.3, 0.4) is 0 Å². The predicted octanol–water partition coefficient (Wildman–Crippen LogP) is 2.62. The van der Waals surface area contributed by atoms with Crippen LogP contribution < -0.4 is 10.1 Å². The van der Waals surface area contributed by atoms with Crippen LogP contribution in [0.25, 0.3) is 11.5 Å². The zero-order chi connectivity index (χ0) is 18.8. The van der Waals surface area contributed by atoms with Crippen molar-refractivity contribution in [3.05, 3.63) is 66.1 Å². The molecule has 0 radical (unpaired) electrons. The molecular formula is C19H20N4O3. The summed E-state index contributed by atoms with van der Waals surface area (Å²) in [5.74, 6) is 1.26. The number of aromatic nitrogens is 3. The van der Waals surface area contributed by atoms with E-state index >= 15 is 0 Å². The zero-order valence-electron chi connectivity index (χ0n) is 14.6. The number of nitrogens with one attached hydrogen (secondary N) is 2. The van der Waals surface area contributed by atoms with Crippen LogP contribution in [0.5, 0.6) is 5.75 Å². The second-order valence-electron chi connectivity index (χ2n) is 5.28. The lowest BCUT2D eigenvalue weighted by molar-refractivity contribution is -0.119. The van der Waals surface area contributed by atoms with E-state index in [1.54, 1.807) is 25.4 Å². The van der Waals surface area contributed by atoms with Gasteiger partial charge in [-0.05, 0) is 11.6 Å². The first-order chi connectivity index (χ1) is 12.6. The maximum absolute atomic E-state index is 10.5. The number of aromatic amines is 1. The Hall–Kier alpha value is -3.48. The van der Waals surface area contributed by atoms with E-state index in [-0.39, 0.29) is 5.91 Å². The number of ether oxygens (including phenoxy) is 1. The van der Waals surface area contributed by atoms with Crippen LogP contribution in [0.1, 0.15) is 23.0 Å². The van der Waals surface area contributed by atoms with Crippen molar-refractivity contribution in [1.82, 2.24) is 20.3 Å². The van der Waals surface area contributed by atoms with Gasteiger partial charge in [0.15, 0.2) is 12.1 Å². The summed E-state index contributed by atoms with van der Waals surface area (Å²) in [7, 11) is 1.58. The molecule has 0 aliphatic heterocycles. The van der Waals surface area contributed by atoms with Crippen LogP contribution in [0.2, 0.25) is 0 Å². The van der Waals surface area contributed by atoms with Gasteiger partial charge in [-0.1, -0.05) is 30.3 Å². The number of aldehydes is 1. The number of H-pyrrole nitrogens is 1. The Morgan fingerprint density at radius 1 is 1.23 bits per heavy atom. The fraction of sp³-hybridized carbons (Fsp3) is 0.158. The lowest BCUT2D eigenvalue weighted by Crippen LogP contribution is -2.18. The lowest BCUT2D eigenvalue weighted by atomic mass is 10.2. The Balaban J connectivity index is 0.000000197. The molecule has 134 valence electrons. The topological polar surface area (TPSA) is 97.0 Å². The molecule has 2 heterocycles. The second-order valence-corrected chi connectivity index (χ2v) is 5.28. The van der Waals surface area contributed by atoms with Crippen LogP contribution in [0.15, 0.2) is 54.9 Å². The highest BCUT2D eigenvalue weighted by Gasteiger charge is 2.05. The minimum atomic E-state index is 0.00820. The molecule has 0 aliphatic carbocycles. The molecule has 7 nitrogen and oxygen atoms in total. The highest BCUT2D eigenvalue weighted by Crippen LogP contribution is 2.17. The average molecular weight is 352 g/mol. The summed E-state index contributed by atoms with van der Waals surface area (Å²) in [5.41, 5.74) is 2.19. The summed E-state index contributed by atoms with van der Waals surface area (Å²) < 4.78 is 5.06. The molecule has 2 aromatic heterocycles. The molecule has 0 unspecified atom stereocenters. The van der Waals surface area contributed by atoms with Gasteiger partial charge in [0, 0.05) is 25.7 Å². The molecule has 0 saturated heterocycles. The Morgan fingerprint density at radius 2 is 2.00 bits per heavy atom. The number of benzene rings is 1. The second kappa shape index (κ2) is 9.73. The third-order valence-corrected chi connectivity index (χ3v) is 3.32. The average Bonchev–Trinajstić information content (AvgIpc) is 3.17. The van der Waals surface area contributed by atoms with E-state index < -0.39 is 0 Å². The number of imidazole rings is 1. The van der Waals surface area contributed by atoms with Crippen molar-refractivity contribution in [1.29, 1.82) is 0 Å². The van der Waals surface area contributed by atoms with Crippen molar-refractivity contribution in [3.8, 4) is 17.3 Å². The minimum Gasteiger partial charge on any atom is -0.497 e. The van der Waals surface area contributed by atoms with Gasteiger partial charge in [-0.25, -0.2) is 4.98 Å². The summed E-state index contributed by atoms with van der Waals surface area (Å²) in [6, 6.07) is 13.3. The molecule has 1 amide bonds. The van der Waals surface area contributed by atoms with Gasteiger partial charge < -0.3 is 15.0 Å². The van der Waals surface area contributed by atoms with E-state index in [1.807, 2.05) is 30.3 Å². The number of carbonyl (C=O) groups is 2. The van der Waals surface area contributed by atoms with E-state index in [0.29, 0.717) is 35.8 Å². The van der Waals surface area contributed by atoms with E-state index in [0.717, 1.165) is 5.56 Å². The van der Waals surface area contributed by atoms with Crippen molar-refractivity contribution >= 4 is 12.2 Å². The van der Waals surface area contributed by atoms with E-state index in [1.165, 1.54) is 13.1 Å². The van der Waals surface area contributed by atoms with Crippen molar-refractivity contribution < 1.29 is 14.3 Å². The van der Waals surface area contributed by atoms with Gasteiger partial charge in [0.2, 0.25) is 5.91 Å². The first-order valence-electron chi connectivity index (χ1n) is 7.91. The van der Waals surface area contributed by atoms with Gasteiger partial charge in [-0.3, -0.25) is 14.6 Å². The van der Waals surface area contributed by atoms with Gasteiger partial charge in [-0.2, -0.15) is 0 Å². The Labute approximate surface area is 151 Å². The maximum atomic E-state index is 10.5. The number of methoxy groups -OCH3 is 1. The van der Waals surface area contributed by atoms with Crippen LogP contribution in [-0.4, -0.2) is 34.3 Å². The highest BCUT2D eigenvalue weighted by molar-refractivity contribution is 5.73. The van der Waals surface area contributed by atoms with Crippen molar-refractivity contribution in [2.45, 2.75) is 13.5 Å². The fourth-order valence-electron chi connectivity index (χ4n) is 2.02. The van der Waals surface area contributed by atoms with Crippen molar-refractivity contribution in [2.24, 2.45) is 0 Å². The molecule has 26 heavy (non-hydrogen) atoms. The molecule has 1 aromatic carbocycles. The molecule has 0 fully saturated rings. The summed E-state index contributed by atoms with van der Waals surface area (Å²) in [4.78, 5) is 31.9. The molecule has 3 rings (SSSR count). The lowest BCUT2D eigenvalue weighted by Gasteiger charge is -2.00. The standard InChI is InChI=1S/C10H9N3O2.C9H11NO/c1-15-8-2-3-11-9(4-8)10-12-5-7(6-14)13-10;1-8(11)10-7-9-5-3-2-4-6-9/h2-6H,1H3,(H,12,13);2-6H,7H2,1H3,(H,10,11). The van der Waals surface area contributed by atoms with Crippen molar-refractivity contribution in [3.63, 3.8) is 0 Å².